The van der Waals surface area contributed by atoms with Crippen LogP contribution in [0.5, 0.6) is 0 Å². The van der Waals surface area contributed by atoms with Crippen LogP contribution in [0.3, 0.4) is 0 Å². The van der Waals surface area contributed by atoms with Gasteiger partial charge in [0.15, 0.2) is 6.29 Å². The van der Waals surface area contributed by atoms with E-state index in [1.54, 1.807) is 6.08 Å². The third-order valence-corrected chi connectivity index (χ3v) is 4.87. The van der Waals surface area contributed by atoms with E-state index in [9.17, 15) is 30.3 Å². The van der Waals surface area contributed by atoms with Crippen LogP contribution >= 0.6 is 0 Å². The second-order valence-corrected chi connectivity index (χ2v) is 6.34. The van der Waals surface area contributed by atoms with E-state index in [1.165, 1.54) is 0 Å². The zero-order valence-corrected chi connectivity index (χ0v) is 13.8. The van der Waals surface area contributed by atoms with Crippen molar-refractivity contribution in [1.82, 2.24) is 0 Å². The van der Waals surface area contributed by atoms with Gasteiger partial charge in [0.05, 0.1) is 32.3 Å². The van der Waals surface area contributed by atoms with E-state index < -0.39 is 49.2 Å². The Labute approximate surface area is 145 Å². The monoisotopic (exact) mass is 362 g/mol. The number of carbonyl (C=O) groups is 1. The standard InChI is InChI=1S/C16H26O9/c1-2-8(9-3-4-23-15(22)10(9)5-17)7-24-16-14(21)13(20)12(19)11(6-18)25-16/h2,8-14,16-21H,1,3-7H2/t8-,9+,10+,11+,12+,13-,14+,16+/m0/s1. The number of aliphatic hydroxyl groups is 5. The summed E-state index contributed by atoms with van der Waals surface area (Å²) in [5.41, 5.74) is 0. The normalized spacial score (nSPS) is 40.4. The number of hydrogen-bond acceptors (Lipinski definition) is 9. The fourth-order valence-corrected chi connectivity index (χ4v) is 3.28. The molecule has 2 heterocycles. The van der Waals surface area contributed by atoms with Gasteiger partial charge in [0.25, 0.3) is 0 Å². The maximum Gasteiger partial charge on any atom is 0.311 e. The molecular formula is C16H26O9. The molecule has 8 atom stereocenters. The minimum atomic E-state index is -1.52. The highest BCUT2D eigenvalue weighted by molar-refractivity contribution is 5.73. The zero-order chi connectivity index (χ0) is 18.6. The minimum absolute atomic E-state index is 0.0145. The number of hydrogen-bond donors (Lipinski definition) is 5. The molecule has 0 aromatic rings. The predicted octanol–water partition coefficient (Wildman–Crippen LogP) is -2.22. The average molecular weight is 362 g/mol. The van der Waals surface area contributed by atoms with Crippen LogP contribution < -0.4 is 0 Å². The first-order valence-corrected chi connectivity index (χ1v) is 8.26. The second kappa shape index (κ2) is 9.04. The lowest BCUT2D eigenvalue weighted by Gasteiger charge is -2.40. The maximum absolute atomic E-state index is 11.8. The van der Waals surface area contributed by atoms with Crippen LogP contribution in [0.4, 0.5) is 0 Å². The molecular weight excluding hydrogens is 336 g/mol. The molecule has 0 saturated carbocycles. The molecule has 2 aliphatic rings. The maximum atomic E-state index is 11.8. The molecule has 9 nitrogen and oxygen atoms in total. The van der Waals surface area contributed by atoms with Crippen LogP contribution in [0.25, 0.3) is 0 Å². The quantitative estimate of drug-likeness (QED) is 0.251. The van der Waals surface area contributed by atoms with E-state index in [1.807, 2.05) is 0 Å². The average Bonchev–Trinajstić information content (AvgIpc) is 2.62. The molecule has 0 aromatic heterocycles. The van der Waals surface area contributed by atoms with Gasteiger partial charge in [-0.3, -0.25) is 4.79 Å². The molecule has 0 spiro atoms. The molecule has 2 aliphatic heterocycles. The van der Waals surface area contributed by atoms with Crippen molar-refractivity contribution in [2.45, 2.75) is 37.1 Å². The topological polar surface area (TPSA) is 146 Å². The smallest absolute Gasteiger partial charge is 0.311 e. The van der Waals surface area contributed by atoms with E-state index in [0.717, 1.165) is 0 Å². The van der Waals surface area contributed by atoms with Crippen LogP contribution in [0, 0.1) is 17.8 Å². The number of carbonyl (C=O) groups excluding carboxylic acids is 1. The van der Waals surface area contributed by atoms with Gasteiger partial charge in [0.1, 0.15) is 24.4 Å². The van der Waals surface area contributed by atoms with E-state index in [-0.39, 0.29) is 31.7 Å². The zero-order valence-electron chi connectivity index (χ0n) is 13.8. The van der Waals surface area contributed by atoms with Gasteiger partial charge in [-0.1, -0.05) is 6.08 Å². The van der Waals surface area contributed by atoms with Crippen LogP contribution in [0.15, 0.2) is 12.7 Å². The molecule has 0 unspecified atom stereocenters. The summed E-state index contributed by atoms with van der Waals surface area (Å²) < 4.78 is 15.7. The third kappa shape index (κ3) is 4.37. The highest BCUT2D eigenvalue weighted by atomic mass is 16.7. The van der Waals surface area contributed by atoms with Crippen molar-refractivity contribution in [3.63, 3.8) is 0 Å². The van der Waals surface area contributed by atoms with Crippen LogP contribution in [0.1, 0.15) is 6.42 Å². The molecule has 2 saturated heterocycles. The Morgan fingerprint density at radius 3 is 2.52 bits per heavy atom. The van der Waals surface area contributed by atoms with E-state index in [0.29, 0.717) is 6.42 Å². The highest BCUT2D eigenvalue weighted by Gasteiger charge is 2.45. The van der Waals surface area contributed by atoms with Crippen molar-refractivity contribution in [2.24, 2.45) is 17.8 Å². The molecule has 2 fully saturated rings. The highest BCUT2D eigenvalue weighted by Crippen LogP contribution is 2.32. The molecule has 144 valence electrons. The summed E-state index contributed by atoms with van der Waals surface area (Å²) in [6.45, 7) is 3.08. The summed E-state index contributed by atoms with van der Waals surface area (Å²) in [6, 6.07) is 0. The van der Waals surface area contributed by atoms with Gasteiger partial charge in [-0.05, 0) is 12.3 Å². The Kier molecular flexibility index (Phi) is 7.32. The van der Waals surface area contributed by atoms with Crippen molar-refractivity contribution in [3.8, 4) is 0 Å². The van der Waals surface area contributed by atoms with Crippen molar-refractivity contribution in [3.05, 3.63) is 12.7 Å². The summed E-state index contributed by atoms with van der Waals surface area (Å²) in [7, 11) is 0. The van der Waals surface area contributed by atoms with E-state index in [4.69, 9.17) is 14.2 Å². The van der Waals surface area contributed by atoms with Gasteiger partial charge in [0.2, 0.25) is 0 Å². The van der Waals surface area contributed by atoms with Gasteiger partial charge >= 0.3 is 5.97 Å². The summed E-state index contributed by atoms with van der Waals surface area (Å²) >= 11 is 0. The Morgan fingerprint density at radius 1 is 1.20 bits per heavy atom. The molecule has 2 rings (SSSR count). The van der Waals surface area contributed by atoms with Gasteiger partial charge < -0.3 is 39.7 Å². The lowest BCUT2D eigenvalue weighted by atomic mass is 9.78. The fraction of sp³-hybridized carbons (Fsp3) is 0.812. The number of aliphatic hydroxyl groups excluding tert-OH is 5. The first-order valence-electron chi connectivity index (χ1n) is 8.26. The number of cyclic esters (lactones) is 1. The summed E-state index contributed by atoms with van der Waals surface area (Å²) in [5, 5.41) is 48.1. The van der Waals surface area contributed by atoms with Crippen LogP contribution in [-0.4, -0.2) is 88.6 Å². The number of rotatable bonds is 7. The third-order valence-electron chi connectivity index (χ3n) is 4.87. The minimum Gasteiger partial charge on any atom is -0.465 e. The summed E-state index contributed by atoms with van der Waals surface area (Å²) in [6.07, 6.45) is -4.65. The Hall–Kier alpha value is -1.07. The predicted molar refractivity (Wildman–Crippen MR) is 83.0 cm³/mol. The van der Waals surface area contributed by atoms with Crippen molar-refractivity contribution >= 4 is 5.97 Å². The van der Waals surface area contributed by atoms with Gasteiger partial charge in [0, 0.05) is 5.92 Å². The molecule has 25 heavy (non-hydrogen) atoms. The molecule has 9 heteroatoms. The van der Waals surface area contributed by atoms with Gasteiger partial charge in [-0.15, -0.1) is 6.58 Å². The van der Waals surface area contributed by atoms with E-state index >= 15 is 0 Å². The van der Waals surface area contributed by atoms with Crippen LogP contribution in [0.2, 0.25) is 0 Å². The number of esters is 1. The molecule has 0 radical (unpaired) electrons. The lowest BCUT2D eigenvalue weighted by Crippen LogP contribution is -2.59. The second-order valence-electron chi connectivity index (χ2n) is 6.34. The summed E-state index contributed by atoms with van der Waals surface area (Å²) in [5.74, 6) is -1.72. The molecule has 0 bridgehead atoms. The van der Waals surface area contributed by atoms with Crippen molar-refractivity contribution in [1.29, 1.82) is 0 Å². The number of ether oxygens (including phenoxy) is 3. The lowest BCUT2D eigenvalue weighted by molar-refractivity contribution is -0.303. The Bertz CT molecular complexity index is 455. The summed E-state index contributed by atoms with van der Waals surface area (Å²) in [4.78, 5) is 11.8. The first kappa shape index (κ1) is 20.2. The van der Waals surface area contributed by atoms with Gasteiger partial charge in [-0.2, -0.15) is 0 Å². The largest absolute Gasteiger partial charge is 0.465 e. The molecule has 0 aromatic carbocycles. The van der Waals surface area contributed by atoms with Crippen LogP contribution in [-0.2, 0) is 19.0 Å². The molecule has 5 N–H and O–H groups in total. The molecule has 0 amide bonds. The van der Waals surface area contributed by atoms with Crippen molar-refractivity contribution in [2.75, 3.05) is 26.4 Å². The van der Waals surface area contributed by atoms with E-state index in [2.05, 4.69) is 6.58 Å². The SMILES string of the molecule is C=C[C@@H](CO[C@@H]1O[C@H](CO)[C@@H](O)[C@H](O)[C@H]1O)[C@H]1CCOC(=O)[C@@H]1CO. The van der Waals surface area contributed by atoms with Crippen molar-refractivity contribution < 1.29 is 44.5 Å². The Morgan fingerprint density at radius 2 is 1.92 bits per heavy atom. The first-order chi connectivity index (χ1) is 11.9. The Balaban J connectivity index is 1.99. The fourth-order valence-electron chi connectivity index (χ4n) is 3.28. The van der Waals surface area contributed by atoms with Gasteiger partial charge in [-0.25, -0.2) is 0 Å². The molecule has 0 aliphatic carbocycles.